The number of benzene rings is 1. The first-order valence-electron chi connectivity index (χ1n) is 5.45. The van der Waals surface area contributed by atoms with Gasteiger partial charge in [0.1, 0.15) is 0 Å². The van der Waals surface area contributed by atoms with Crippen LogP contribution < -0.4 is 5.32 Å². The van der Waals surface area contributed by atoms with E-state index in [-0.39, 0.29) is 12.1 Å². The second kappa shape index (κ2) is 5.29. The summed E-state index contributed by atoms with van der Waals surface area (Å²) >= 11 is 0. The molecule has 15 heavy (non-hydrogen) atoms. The van der Waals surface area contributed by atoms with Gasteiger partial charge in [0.05, 0.1) is 6.73 Å². The van der Waals surface area contributed by atoms with Crippen molar-refractivity contribution in [3.05, 3.63) is 35.4 Å². The van der Waals surface area contributed by atoms with Crippen molar-refractivity contribution in [1.82, 2.24) is 5.32 Å². The topological polar surface area (TPSA) is 32.3 Å². The second-order valence-electron chi connectivity index (χ2n) is 4.86. The monoisotopic (exact) mass is 207 g/mol. The summed E-state index contributed by atoms with van der Waals surface area (Å²) in [5.74, 6) is 0. The molecule has 84 valence electrons. The van der Waals surface area contributed by atoms with Crippen LogP contribution in [0.5, 0.6) is 0 Å². The van der Waals surface area contributed by atoms with Gasteiger partial charge in [0.2, 0.25) is 0 Å². The molecule has 0 atom stereocenters. The van der Waals surface area contributed by atoms with Crippen molar-refractivity contribution in [3.8, 4) is 0 Å². The van der Waals surface area contributed by atoms with Gasteiger partial charge >= 0.3 is 0 Å². The fourth-order valence-electron chi connectivity index (χ4n) is 1.48. The number of hydrogen-bond acceptors (Lipinski definition) is 2. The zero-order chi connectivity index (χ0) is 11.3. The largest absolute Gasteiger partial charge is 0.381 e. The Morgan fingerprint density at radius 2 is 1.73 bits per heavy atom. The Morgan fingerprint density at radius 1 is 1.13 bits per heavy atom. The van der Waals surface area contributed by atoms with Gasteiger partial charge in [-0.1, -0.05) is 45.0 Å². The molecule has 0 radical (unpaired) electrons. The Balaban J connectivity index is 2.57. The SMILES string of the molecule is CC(C)(C)c1ccc(CCNCO)cc1. The number of aliphatic hydroxyl groups excluding tert-OH is 1. The normalized spacial score (nSPS) is 11.7. The van der Waals surface area contributed by atoms with Crippen LogP contribution in [-0.2, 0) is 11.8 Å². The Labute approximate surface area is 92.3 Å². The Bertz CT molecular complexity index is 284. The third kappa shape index (κ3) is 4.02. The van der Waals surface area contributed by atoms with E-state index in [0.717, 1.165) is 13.0 Å². The molecular weight excluding hydrogens is 186 g/mol. The first-order valence-corrected chi connectivity index (χ1v) is 5.45. The van der Waals surface area contributed by atoms with E-state index < -0.39 is 0 Å². The molecule has 0 aliphatic carbocycles. The van der Waals surface area contributed by atoms with E-state index in [0.29, 0.717) is 0 Å². The van der Waals surface area contributed by atoms with E-state index in [1.165, 1.54) is 11.1 Å². The molecule has 0 heterocycles. The Morgan fingerprint density at radius 3 is 2.20 bits per heavy atom. The average Bonchev–Trinajstić information content (AvgIpc) is 2.18. The molecule has 0 unspecified atom stereocenters. The third-order valence-corrected chi connectivity index (χ3v) is 2.52. The van der Waals surface area contributed by atoms with Gasteiger partial charge in [0.15, 0.2) is 0 Å². The van der Waals surface area contributed by atoms with Crippen molar-refractivity contribution in [2.24, 2.45) is 0 Å². The molecule has 1 rings (SSSR count). The maximum absolute atomic E-state index is 8.58. The van der Waals surface area contributed by atoms with Gasteiger partial charge in [-0.25, -0.2) is 0 Å². The first-order chi connectivity index (χ1) is 7.04. The lowest BCUT2D eigenvalue weighted by molar-refractivity contribution is 0.262. The van der Waals surface area contributed by atoms with E-state index in [1.807, 2.05) is 0 Å². The molecular formula is C13H21NO. The quantitative estimate of drug-likeness (QED) is 0.585. The Hall–Kier alpha value is -0.860. The molecule has 0 saturated heterocycles. The lowest BCUT2D eigenvalue weighted by Gasteiger charge is -2.19. The van der Waals surface area contributed by atoms with Crippen LogP contribution in [0.15, 0.2) is 24.3 Å². The Kier molecular flexibility index (Phi) is 4.30. The predicted octanol–water partition coefficient (Wildman–Crippen LogP) is 2.07. The highest BCUT2D eigenvalue weighted by atomic mass is 16.3. The molecule has 2 N–H and O–H groups in total. The highest BCUT2D eigenvalue weighted by Gasteiger charge is 2.12. The molecule has 0 aromatic heterocycles. The number of rotatable bonds is 4. The first kappa shape index (κ1) is 12.2. The van der Waals surface area contributed by atoms with E-state index in [1.54, 1.807) is 0 Å². The second-order valence-corrected chi connectivity index (χ2v) is 4.86. The van der Waals surface area contributed by atoms with Gasteiger partial charge in [-0.2, -0.15) is 0 Å². The van der Waals surface area contributed by atoms with Crippen LogP contribution in [0.25, 0.3) is 0 Å². The molecule has 1 aromatic rings. The molecule has 0 fully saturated rings. The zero-order valence-corrected chi connectivity index (χ0v) is 9.88. The highest BCUT2D eigenvalue weighted by molar-refractivity contribution is 5.27. The van der Waals surface area contributed by atoms with Gasteiger partial charge < -0.3 is 5.11 Å². The molecule has 0 bridgehead atoms. The lowest BCUT2D eigenvalue weighted by atomic mass is 9.86. The smallest absolute Gasteiger partial charge is 0.0931 e. The predicted molar refractivity (Wildman–Crippen MR) is 63.9 cm³/mol. The fourth-order valence-corrected chi connectivity index (χ4v) is 1.48. The van der Waals surface area contributed by atoms with Gasteiger partial charge in [-0.3, -0.25) is 5.32 Å². The van der Waals surface area contributed by atoms with Crippen LogP contribution in [0, 0.1) is 0 Å². The molecule has 2 nitrogen and oxygen atoms in total. The summed E-state index contributed by atoms with van der Waals surface area (Å²) in [6.45, 7) is 7.53. The van der Waals surface area contributed by atoms with Crippen LogP contribution >= 0.6 is 0 Å². The molecule has 0 aliphatic rings. The minimum Gasteiger partial charge on any atom is -0.381 e. The number of hydrogen-bond donors (Lipinski definition) is 2. The van der Waals surface area contributed by atoms with Crippen molar-refractivity contribution in [1.29, 1.82) is 0 Å². The maximum Gasteiger partial charge on any atom is 0.0931 e. The summed E-state index contributed by atoms with van der Waals surface area (Å²) in [4.78, 5) is 0. The number of aliphatic hydroxyl groups is 1. The van der Waals surface area contributed by atoms with Crippen LogP contribution in [0.2, 0.25) is 0 Å². The molecule has 0 amide bonds. The van der Waals surface area contributed by atoms with Crippen LogP contribution in [0.3, 0.4) is 0 Å². The van der Waals surface area contributed by atoms with Gasteiger partial charge in [0, 0.05) is 6.54 Å². The maximum atomic E-state index is 8.58. The van der Waals surface area contributed by atoms with Crippen molar-refractivity contribution < 1.29 is 5.11 Å². The molecule has 2 heteroatoms. The number of nitrogens with one attached hydrogen (secondary N) is 1. The minimum atomic E-state index is 0.0556. The average molecular weight is 207 g/mol. The van der Waals surface area contributed by atoms with E-state index >= 15 is 0 Å². The fraction of sp³-hybridized carbons (Fsp3) is 0.538. The summed E-state index contributed by atoms with van der Waals surface area (Å²) in [6.07, 6.45) is 0.963. The third-order valence-electron chi connectivity index (χ3n) is 2.52. The van der Waals surface area contributed by atoms with Crippen molar-refractivity contribution >= 4 is 0 Å². The summed E-state index contributed by atoms with van der Waals surface area (Å²) in [7, 11) is 0. The molecule has 0 spiro atoms. The summed E-state index contributed by atoms with van der Waals surface area (Å²) in [5.41, 5.74) is 2.90. The molecule has 0 aliphatic heterocycles. The zero-order valence-electron chi connectivity index (χ0n) is 9.88. The highest BCUT2D eigenvalue weighted by Crippen LogP contribution is 2.22. The van der Waals surface area contributed by atoms with Gasteiger partial charge in [-0.05, 0) is 23.0 Å². The van der Waals surface area contributed by atoms with Crippen molar-refractivity contribution in [3.63, 3.8) is 0 Å². The van der Waals surface area contributed by atoms with Gasteiger partial charge in [-0.15, -0.1) is 0 Å². The van der Waals surface area contributed by atoms with Crippen LogP contribution in [0.4, 0.5) is 0 Å². The summed E-state index contributed by atoms with van der Waals surface area (Å²) < 4.78 is 0. The van der Waals surface area contributed by atoms with Crippen LogP contribution in [-0.4, -0.2) is 18.4 Å². The molecule has 1 aromatic carbocycles. The van der Waals surface area contributed by atoms with Crippen molar-refractivity contribution in [2.45, 2.75) is 32.6 Å². The molecule has 0 saturated carbocycles. The summed E-state index contributed by atoms with van der Waals surface area (Å²) in [6, 6.07) is 8.71. The van der Waals surface area contributed by atoms with E-state index in [4.69, 9.17) is 5.11 Å². The minimum absolute atomic E-state index is 0.0556. The van der Waals surface area contributed by atoms with E-state index in [9.17, 15) is 0 Å². The van der Waals surface area contributed by atoms with Crippen molar-refractivity contribution in [2.75, 3.05) is 13.3 Å². The van der Waals surface area contributed by atoms with Crippen LogP contribution in [0.1, 0.15) is 31.9 Å². The lowest BCUT2D eigenvalue weighted by Crippen LogP contribution is -2.18. The summed E-state index contributed by atoms with van der Waals surface area (Å²) in [5, 5.41) is 11.5. The standard InChI is InChI=1S/C13H21NO/c1-13(2,3)12-6-4-11(5-7-12)8-9-14-10-15/h4-7,14-15H,8-10H2,1-3H3. The van der Waals surface area contributed by atoms with E-state index in [2.05, 4.69) is 50.4 Å². The van der Waals surface area contributed by atoms with Gasteiger partial charge in [0.25, 0.3) is 0 Å².